The number of esters is 1. The van der Waals surface area contributed by atoms with E-state index in [2.05, 4.69) is 0 Å². The molecule has 0 unspecified atom stereocenters. The quantitative estimate of drug-likeness (QED) is 0.715. The maximum Gasteiger partial charge on any atom is 0.342 e. The maximum absolute atomic E-state index is 13.7. The van der Waals surface area contributed by atoms with Crippen LogP contribution >= 0.6 is 0 Å². The standard InChI is InChI=1S/C18H19FO6/c1-21-14-7-5-11(9-13(14)19)10-25-18(20)12-6-8-15(22-2)17(24-4)16(12)23-3/h5-9H,10H2,1-4H3. The molecule has 0 spiro atoms. The summed E-state index contributed by atoms with van der Waals surface area (Å²) in [4.78, 5) is 12.4. The Bertz CT molecular complexity index is 759. The summed E-state index contributed by atoms with van der Waals surface area (Å²) in [5.74, 6) is -0.124. The summed E-state index contributed by atoms with van der Waals surface area (Å²) in [7, 11) is 5.71. The average Bonchev–Trinajstić information content (AvgIpc) is 2.64. The molecule has 7 heteroatoms. The van der Waals surface area contributed by atoms with Crippen LogP contribution in [-0.4, -0.2) is 34.4 Å². The Labute approximate surface area is 145 Å². The third-order valence-corrected chi connectivity index (χ3v) is 3.51. The van der Waals surface area contributed by atoms with Gasteiger partial charge in [0.1, 0.15) is 12.2 Å². The zero-order chi connectivity index (χ0) is 18.4. The third kappa shape index (κ3) is 3.93. The normalized spacial score (nSPS) is 10.1. The summed E-state index contributed by atoms with van der Waals surface area (Å²) < 4.78 is 39.4. The van der Waals surface area contributed by atoms with Gasteiger partial charge in [-0.05, 0) is 29.8 Å². The highest BCUT2D eigenvalue weighted by molar-refractivity contribution is 5.94. The lowest BCUT2D eigenvalue weighted by Gasteiger charge is -2.15. The Balaban J connectivity index is 2.19. The Morgan fingerprint density at radius 1 is 0.880 bits per heavy atom. The number of halogens is 1. The monoisotopic (exact) mass is 350 g/mol. The summed E-state index contributed by atoms with van der Waals surface area (Å²) in [6.07, 6.45) is 0. The smallest absolute Gasteiger partial charge is 0.342 e. The molecule has 0 aliphatic carbocycles. The fourth-order valence-corrected chi connectivity index (χ4v) is 2.29. The molecule has 0 heterocycles. The van der Waals surface area contributed by atoms with E-state index in [1.807, 2.05) is 0 Å². The number of hydrogen-bond donors (Lipinski definition) is 0. The van der Waals surface area contributed by atoms with E-state index < -0.39 is 11.8 Å². The van der Waals surface area contributed by atoms with Gasteiger partial charge in [-0.1, -0.05) is 6.07 Å². The zero-order valence-electron chi connectivity index (χ0n) is 14.4. The molecule has 0 radical (unpaired) electrons. The van der Waals surface area contributed by atoms with Gasteiger partial charge in [-0.15, -0.1) is 0 Å². The van der Waals surface area contributed by atoms with Gasteiger partial charge in [0, 0.05) is 0 Å². The molecule has 2 aromatic carbocycles. The summed E-state index contributed by atoms with van der Waals surface area (Å²) in [6.45, 7) is -0.1000. The van der Waals surface area contributed by atoms with E-state index in [0.29, 0.717) is 11.3 Å². The number of hydrogen-bond acceptors (Lipinski definition) is 6. The molecule has 0 bridgehead atoms. The van der Waals surface area contributed by atoms with Crippen molar-refractivity contribution in [2.24, 2.45) is 0 Å². The molecule has 0 saturated heterocycles. The second kappa shape index (κ2) is 8.23. The summed E-state index contributed by atoms with van der Waals surface area (Å²) >= 11 is 0. The molecule has 0 saturated carbocycles. The van der Waals surface area contributed by atoms with E-state index in [0.717, 1.165) is 0 Å². The van der Waals surface area contributed by atoms with E-state index in [1.54, 1.807) is 12.1 Å². The van der Waals surface area contributed by atoms with Crippen molar-refractivity contribution in [1.82, 2.24) is 0 Å². The van der Waals surface area contributed by atoms with Crippen LogP contribution in [0.3, 0.4) is 0 Å². The van der Waals surface area contributed by atoms with Crippen LogP contribution in [0.2, 0.25) is 0 Å². The van der Waals surface area contributed by atoms with Gasteiger partial charge in [0.15, 0.2) is 23.1 Å². The highest BCUT2D eigenvalue weighted by atomic mass is 19.1. The van der Waals surface area contributed by atoms with Crippen LogP contribution < -0.4 is 18.9 Å². The van der Waals surface area contributed by atoms with Gasteiger partial charge in [-0.25, -0.2) is 9.18 Å². The molecule has 2 aromatic rings. The van der Waals surface area contributed by atoms with Crippen molar-refractivity contribution in [2.45, 2.75) is 6.61 Å². The van der Waals surface area contributed by atoms with Gasteiger partial charge in [0.25, 0.3) is 0 Å². The fourth-order valence-electron chi connectivity index (χ4n) is 2.29. The molecular weight excluding hydrogens is 331 g/mol. The lowest BCUT2D eigenvalue weighted by atomic mass is 10.1. The van der Waals surface area contributed by atoms with Gasteiger partial charge in [0.05, 0.1) is 28.4 Å². The molecule has 0 aliphatic heterocycles. The van der Waals surface area contributed by atoms with E-state index >= 15 is 0 Å². The van der Waals surface area contributed by atoms with Gasteiger partial charge in [0.2, 0.25) is 5.75 Å². The van der Waals surface area contributed by atoms with Crippen LogP contribution in [0.5, 0.6) is 23.0 Å². The molecule has 0 aromatic heterocycles. The highest BCUT2D eigenvalue weighted by Crippen LogP contribution is 2.40. The predicted octanol–water partition coefficient (Wildman–Crippen LogP) is 3.22. The number of carbonyl (C=O) groups excluding carboxylic acids is 1. The van der Waals surface area contributed by atoms with Gasteiger partial charge >= 0.3 is 5.97 Å². The first-order chi connectivity index (χ1) is 12.0. The number of rotatable bonds is 7. The largest absolute Gasteiger partial charge is 0.494 e. The van der Waals surface area contributed by atoms with Crippen LogP contribution in [0.15, 0.2) is 30.3 Å². The molecule has 134 valence electrons. The van der Waals surface area contributed by atoms with Crippen LogP contribution in [0.1, 0.15) is 15.9 Å². The van der Waals surface area contributed by atoms with E-state index in [4.69, 9.17) is 23.7 Å². The molecule has 0 atom stereocenters. The third-order valence-electron chi connectivity index (χ3n) is 3.51. The molecule has 0 aliphatic rings. The first-order valence-electron chi connectivity index (χ1n) is 7.34. The van der Waals surface area contributed by atoms with Gasteiger partial charge in [-0.3, -0.25) is 0 Å². The van der Waals surface area contributed by atoms with Crippen molar-refractivity contribution in [3.8, 4) is 23.0 Å². The Hall–Kier alpha value is -2.96. The van der Waals surface area contributed by atoms with Crippen LogP contribution in [0.25, 0.3) is 0 Å². The van der Waals surface area contributed by atoms with Gasteiger partial charge in [-0.2, -0.15) is 0 Å². The van der Waals surface area contributed by atoms with Crippen molar-refractivity contribution < 1.29 is 32.9 Å². The van der Waals surface area contributed by atoms with Crippen LogP contribution in [-0.2, 0) is 11.3 Å². The molecule has 2 rings (SSSR count). The summed E-state index contributed by atoms with van der Waals surface area (Å²) in [6, 6.07) is 7.41. The van der Waals surface area contributed by atoms with Crippen molar-refractivity contribution in [2.75, 3.05) is 28.4 Å². The van der Waals surface area contributed by atoms with Crippen LogP contribution in [0.4, 0.5) is 4.39 Å². The highest BCUT2D eigenvalue weighted by Gasteiger charge is 2.21. The van der Waals surface area contributed by atoms with Crippen molar-refractivity contribution >= 4 is 5.97 Å². The van der Waals surface area contributed by atoms with Crippen LogP contribution in [0, 0.1) is 5.82 Å². The minimum atomic E-state index is -0.631. The summed E-state index contributed by atoms with van der Waals surface area (Å²) in [5.41, 5.74) is 0.667. The lowest BCUT2D eigenvalue weighted by molar-refractivity contribution is 0.0468. The Kier molecular flexibility index (Phi) is 6.05. The topological polar surface area (TPSA) is 63.2 Å². The molecule has 0 fully saturated rings. The predicted molar refractivity (Wildman–Crippen MR) is 88.2 cm³/mol. The fraction of sp³-hybridized carbons (Fsp3) is 0.278. The second-order valence-corrected chi connectivity index (χ2v) is 4.93. The second-order valence-electron chi connectivity index (χ2n) is 4.93. The van der Waals surface area contributed by atoms with Crippen molar-refractivity contribution in [1.29, 1.82) is 0 Å². The van der Waals surface area contributed by atoms with E-state index in [9.17, 15) is 9.18 Å². The Morgan fingerprint density at radius 3 is 2.08 bits per heavy atom. The van der Waals surface area contributed by atoms with E-state index in [-0.39, 0.29) is 29.4 Å². The number of benzene rings is 2. The minimum Gasteiger partial charge on any atom is -0.494 e. The number of carbonyl (C=O) groups is 1. The van der Waals surface area contributed by atoms with Gasteiger partial charge < -0.3 is 23.7 Å². The first-order valence-corrected chi connectivity index (χ1v) is 7.34. The zero-order valence-corrected chi connectivity index (χ0v) is 14.4. The molecular formula is C18H19FO6. The molecule has 0 N–H and O–H groups in total. The first kappa shape index (κ1) is 18.4. The van der Waals surface area contributed by atoms with E-state index in [1.165, 1.54) is 46.6 Å². The summed E-state index contributed by atoms with van der Waals surface area (Å²) in [5, 5.41) is 0. The number of methoxy groups -OCH3 is 4. The molecule has 0 amide bonds. The average molecular weight is 350 g/mol. The number of ether oxygens (including phenoxy) is 5. The van der Waals surface area contributed by atoms with Crippen molar-refractivity contribution in [3.63, 3.8) is 0 Å². The SMILES string of the molecule is COc1ccc(COC(=O)c2ccc(OC)c(OC)c2OC)cc1F. The minimum absolute atomic E-state index is 0.1000. The lowest BCUT2D eigenvalue weighted by Crippen LogP contribution is -2.09. The maximum atomic E-state index is 13.7. The van der Waals surface area contributed by atoms with Crippen molar-refractivity contribution in [3.05, 3.63) is 47.3 Å². The molecule has 6 nitrogen and oxygen atoms in total. The molecule has 25 heavy (non-hydrogen) atoms. The Morgan fingerprint density at radius 2 is 1.52 bits per heavy atom.